The molecule has 0 aromatic carbocycles. The van der Waals surface area contributed by atoms with Gasteiger partial charge in [-0.2, -0.15) is 0 Å². The Morgan fingerprint density at radius 3 is 3.10 bits per heavy atom. The molecule has 3 N–H and O–H groups in total. The van der Waals surface area contributed by atoms with Crippen molar-refractivity contribution < 1.29 is 4.74 Å². The Hall–Kier alpha value is -0.540. The summed E-state index contributed by atoms with van der Waals surface area (Å²) in [6.45, 7) is 2.88. The van der Waals surface area contributed by atoms with Gasteiger partial charge in [0.05, 0.1) is 12.9 Å². The Balaban J connectivity index is 2.44. The van der Waals surface area contributed by atoms with E-state index in [1.165, 1.54) is 5.57 Å². The lowest BCUT2D eigenvalue weighted by Crippen LogP contribution is -2.34. The van der Waals surface area contributed by atoms with Gasteiger partial charge in [-0.25, -0.2) is 0 Å². The van der Waals surface area contributed by atoms with E-state index >= 15 is 0 Å². The van der Waals surface area contributed by atoms with Crippen molar-refractivity contribution in [2.45, 2.75) is 25.8 Å². The second kappa shape index (κ2) is 3.58. The van der Waals surface area contributed by atoms with Crippen molar-refractivity contribution in [3.8, 4) is 0 Å². The van der Waals surface area contributed by atoms with Gasteiger partial charge in [-0.05, 0) is 25.3 Å². The van der Waals surface area contributed by atoms with Gasteiger partial charge in [-0.15, -0.1) is 0 Å². The molecule has 3 nitrogen and oxygen atoms in total. The Bertz CT molecular complexity index is 134. The molecule has 1 rings (SSSR count). The predicted octanol–water partition coefficient (Wildman–Crippen LogP) is 0.532. The molecule has 1 atom stereocenters. The van der Waals surface area contributed by atoms with Gasteiger partial charge in [-0.3, -0.25) is 11.3 Å². The topological polar surface area (TPSA) is 47.3 Å². The summed E-state index contributed by atoms with van der Waals surface area (Å²) in [5.41, 5.74) is 3.94. The molecule has 0 aliphatic carbocycles. The molecular formula is C7H14N2O. The number of hydrogen-bond donors (Lipinski definition) is 2. The number of nitrogens with two attached hydrogens (primary N) is 1. The molecular weight excluding hydrogens is 128 g/mol. The summed E-state index contributed by atoms with van der Waals surface area (Å²) in [6, 6.07) is 0.250. The van der Waals surface area contributed by atoms with Crippen LogP contribution < -0.4 is 11.3 Å². The van der Waals surface area contributed by atoms with Crippen molar-refractivity contribution in [1.29, 1.82) is 0 Å². The number of ether oxygens (including phenoxy) is 1. The molecule has 0 amide bonds. The van der Waals surface area contributed by atoms with Crippen LogP contribution in [0.5, 0.6) is 0 Å². The van der Waals surface area contributed by atoms with Crippen LogP contribution in [-0.4, -0.2) is 12.6 Å². The summed E-state index contributed by atoms with van der Waals surface area (Å²) in [7, 11) is 0. The largest absolute Gasteiger partial charge is 0.501 e. The van der Waals surface area contributed by atoms with E-state index in [-0.39, 0.29) is 6.04 Å². The third kappa shape index (κ3) is 1.72. The first-order valence-corrected chi connectivity index (χ1v) is 3.61. The van der Waals surface area contributed by atoms with Crippen LogP contribution in [-0.2, 0) is 4.74 Å². The zero-order valence-corrected chi connectivity index (χ0v) is 6.26. The lowest BCUT2D eigenvalue weighted by atomic mass is 10.0. The Morgan fingerprint density at radius 1 is 1.80 bits per heavy atom. The third-order valence-electron chi connectivity index (χ3n) is 1.77. The molecule has 0 saturated carbocycles. The van der Waals surface area contributed by atoms with E-state index in [4.69, 9.17) is 10.6 Å². The van der Waals surface area contributed by atoms with Gasteiger partial charge in [-0.1, -0.05) is 0 Å². The number of hydrogen-bond acceptors (Lipinski definition) is 3. The lowest BCUT2D eigenvalue weighted by Gasteiger charge is -2.18. The first kappa shape index (κ1) is 7.57. The molecule has 1 aliphatic heterocycles. The Kier molecular flexibility index (Phi) is 2.71. The van der Waals surface area contributed by atoms with E-state index in [0.29, 0.717) is 0 Å². The van der Waals surface area contributed by atoms with Crippen molar-refractivity contribution in [3.05, 3.63) is 11.8 Å². The van der Waals surface area contributed by atoms with E-state index in [1.807, 2.05) is 13.2 Å². The molecule has 1 aliphatic rings. The SMILES string of the molecule is CC(NN)C1=COCCC1. The third-order valence-corrected chi connectivity index (χ3v) is 1.77. The predicted molar refractivity (Wildman–Crippen MR) is 40.1 cm³/mol. The zero-order valence-electron chi connectivity index (χ0n) is 6.26. The standard InChI is InChI=1S/C7H14N2O/c1-6(9-8)7-3-2-4-10-5-7/h5-6,9H,2-4,8H2,1H3. The highest BCUT2D eigenvalue weighted by Gasteiger charge is 2.09. The van der Waals surface area contributed by atoms with Crippen molar-refractivity contribution in [3.63, 3.8) is 0 Å². The van der Waals surface area contributed by atoms with Crippen molar-refractivity contribution >= 4 is 0 Å². The first-order chi connectivity index (χ1) is 4.84. The van der Waals surface area contributed by atoms with E-state index < -0.39 is 0 Å². The van der Waals surface area contributed by atoms with E-state index in [1.54, 1.807) is 0 Å². The van der Waals surface area contributed by atoms with Crippen LogP contribution in [0.3, 0.4) is 0 Å². The van der Waals surface area contributed by atoms with E-state index in [2.05, 4.69) is 5.43 Å². The minimum Gasteiger partial charge on any atom is -0.501 e. The minimum atomic E-state index is 0.250. The van der Waals surface area contributed by atoms with Crippen LogP contribution in [0.2, 0.25) is 0 Å². The summed E-state index contributed by atoms with van der Waals surface area (Å²) < 4.78 is 5.15. The maximum absolute atomic E-state index is 5.26. The number of nitrogens with one attached hydrogen (secondary N) is 1. The van der Waals surface area contributed by atoms with E-state index in [9.17, 15) is 0 Å². The molecule has 10 heavy (non-hydrogen) atoms. The first-order valence-electron chi connectivity index (χ1n) is 3.61. The fraction of sp³-hybridized carbons (Fsp3) is 0.714. The summed E-state index contributed by atoms with van der Waals surface area (Å²) in [5, 5.41) is 0. The molecule has 0 bridgehead atoms. The summed E-state index contributed by atoms with van der Waals surface area (Å²) in [5.74, 6) is 5.26. The van der Waals surface area contributed by atoms with Crippen LogP contribution >= 0.6 is 0 Å². The summed E-state index contributed by atoms with van der Waals surface area (Å²) in [6.07, 6.45) is 4.03. The van der Waals surface area contributed by atoms with Crippen LogP contribution in [0.15, 0.2) is 11.8 Å². The molecule has 0 saturated heterocycles. The molecule has 58 valence electrons. The fourth-order valence-electron chi connectivity index (χ4n) is 1.01. The highest BCUT2D eigenvalue weighted by molar-refractivity contribution is 5.07. The maximum atomic E-state index is 5.26. The van der Waals surface area contributed by atoms with Gasteiger partial charge in [0.2, 0.25) is 0 Å². The van der Waals surface area contributed by atoms with Gasteiger partial charge >= 0.3 is 0 Å². The molecule has 1 unspecified atom stereocenters. The fourth-order valence-corrected chi connectivity index (χ4v) is 1.01. The van der Waals surface area contributed by atoms with Gasteiger partial charge in [0.1, 0.15) is 0 Å². The molecule has 3 heteroatoms. The second-order valence-electron chi connectivity index (χ2n) is 2.56. The Labute approximate surface area is 61.2 Å². The molecule has 0 radical (unpaired) electrons. The van der Waals surface area contributed by atoms with Crippen molar-refractivity contribution in [2.24, 2.45) is 5.84 Å². The highest BCUT2D eigenvalue weighted by Crippen LogP contribution is 2.14. The van der Waals surface area contributed by atoms with Gasteiger partial charge in [0.15, 0.2) is 0 Å². The van der Waals surface area contributed by atoms with Crippen LogP contribution in [0, 0.1) is 0 Å². The van der Waals surface area contributed by atoms with Crippen LogP contribution in [0.25, 0.3) is 0 Å². The number of rotatable bonds is 2. The van der Waals surface area contributed by atoms with Crippen LogP contribution in [0.4, 0.5) is 0 Å². The molecule has 0 fully saturated rings. The van der Waals surface area contributed by atoms with Crippen LogP contribution in [0.1, 0.15) is 19.8 Å². The average Bonchev–Trinajstić information content (AvgIpc) is 2.05. The molecule has 0 spiro atoms. The minimum absolute atomic E-state index is 0.250. The van der Waals surface area contributed by atoms with Crippen molar-refractivity contribution in [1.82, 2.24) is 5.43 Å². The lowest BCUT2D eigenvalue weighted by molar-refractivity contribution is 0.220. The normalized spacial score (nSPS) is 21.2. The summed E-state index contributed by atoms with van der Waals surface area (Å²) in [4.78, 5) is 0. The molecule has 0 aromatic heterocycles. The molecule has 1 heterocycles. The smallest absolute Gasteiger partial charge is 0.0876 e. The summed E-state index contributed by atoms with van der Waals surface area (Å²) >= 11 is 0. The van der Waals surface area contributed by atoms with Crippen molar-refractivity contribution in [2.75, 3.05) is 6.61 Å². The van der Waals surface area contributed by atoms with Gasteiger partial charge in [0, 0.05) is 6.04 Å². The monoisotopic (exact) mass is 142 g/mol. The molecule has 0 aromatic rings. The van der Waals surface area contributed by atoms with Gasteiger partial charge in [0.25, 0.3) is 0 Å². The van der Waals surface area contributed by atoms with E-state index in [0.717, 1.165) is 19.4 Å². The second-order valence-corrected chi connectivity index (χ2v) is 2.56. The zero-order chi connectivity index (χ0) is 7.40. The number of hydrazine groups is 1. The average molecular weight is 142 g/mol. The maximum Gasteiger partial charge on any atom is 0.0876 e. The Morgan fingerprint density at radius 2 is 2.60 bits per heavy atom. The van der Waals surface area contributed by atoms with Gasteiger partial charge < -0.3 is 4.74 Å². The quantitative estimate of drug-likeness (QED) is 0.437. The highest BCUT2D eigenvalue weighted by atomic mass is 16.5.